The Morgan fingerprint density at radius 1 is 1.27 bits per heavy atom. The van der Waals surface area contributed by atoms with Crippen LogP contribution in [-0.2, 0) is 0 Å². The van der Waals surface area contributed by atoms with Crippen molar-refractivity contribution in [1.29, 1.82) is 0 Å². The zero-order chi connectivity index (χ0) is 11.0. The summed E-state index contributed by atoms with van der Waals surface area (Å²) >= 11 is 4.30. The minimum Gasteiger partial charge on any atom is -0.375 e. The Bertz CT molecular complexity index is 493. The number of nitrogens with zero attached hydrogens (tertiary/aromatic N) is 1. The molecule has 2 rings (SSSR count). The summed E-state index contributed by atoms with van der Waals surface area (Å²) in [4.78, 5) is 3.87. The average Bonchev–Trinajstić information content (AvgIpc) is 2.45. The summed E-state index contributed by atoms with van der Waals surface area (Å²) in [5.74, 6) is -1.30. The zero-order valence-corrected chi connectivity index (χ0v) is 9.70. The lowest BCUT2D eigenvalue weighted by molar-refractivity contribution is 0.589. The fourth-order valence-electron chi connectivity index (χ4n) is 1.20. The lowest BCUT2D eigenvalue weighted by Crippen LogP contribution is -1.91. The first-order valence-electron chi connectivity index (χ1n) is 3.96. The van der Waals surface area contributed by atoms with Crippen LogP contribution in [0.25, 0.3) is 11.3 Å². The molecule has 0 aliphatic heterocycles. The molecule has 0 amide bonds. The van der Waals surface area contributed by atoms with Crippen molar-refractivity contribution in [1.82, 2.24) is 4.98 Å². The van der Waals surface area contributed by atoms with Gasteiger partial charge >= 0.3 is 0 Å². The van der Waals surface area contributed by atoms with Gasteiger partial charge in [-0.3, -0.25) is 0 Å². The van der Waals surface area contributed by atoms with Crippen LogP contribution in [0, 0.1) is 11.6 Å². The Labute approximate surface area is 96.9 Å². The van der Waals surface area contributed by atoms with Crippen molar-refractivity contribution in [3.8, 4) is 11.3 Å². The highest BCUT2D eigenvalue weighted by molar-refractivity contribution is 9.11. The van der Waals surface area contributed by atoms with Crippen molar-refractivity contribution in [3.63, 3.8) is 0 Å². The SMILES string of the molecule is Nc1nc(-c2c(F)cccc2F)c(Br)s1. The molecule has 0 saturated heterocycles. The number of rotatable bonds is 1. The molecule has 0 unspecified atom stereocenters. The van der Waals surface area contributed by atoms with Crippen LogP contribution in [0.5, 0.6) is 0 Å². The van der Waals surface area contributed by atoms with E-state index in [0.717, 1.165) is 11.3 Å². The van der Waals surface area contributed by atoms with E-state index in [1.54, 1.807) is 0 Å². The molecule has 1 heterocycles. The van der Waals surface area contributed by atoms with Crippen molar-refractivity contribution in [2.24, 2.45) is 0 Å². The second kappa shape index (κ2) is 3.86. The molecule has 0 aliphatic carbocycles. The maximum absolute atomic E-state index is 13.4. The van der Waals surface area contributed by atoms with Gasteiger partial charge in [0, 0.05) is 0 Å². The number of hydrogen-bond donors (Lipinski definition) is 1. The molecule has 0 radical (unpaired) electrons. The Morgan fingerprint density at radius 2 is 1.87 bits per heavy atom. The first kappa shape index (κ1) is 10.5. The highest BCUT2D eigenvalue weighted by Gasteiger charge is 2.17. The Morgan fingerprint density at radius 3 is 2.33 bits per heavy atom. The highest BCUT2D eigenvalue weighted by atomic mass is 79.9. The smallest absolute Gasteiger partial charge is 0.181 e. The normalized spacial score (nSPS) is 10.6. The minimum atomic E-state index is -0.652. The number of benzene rings is 1. The van der Waals surface area contributed by atoms with E-state index in [1.165, 1.54) is 18.2 Å². The van der Waals surface area contributed by atoms with E-state index in [0.29, 0.717) is 3.79 Å². The van der Waals surface area contributed by atoms with E-state index in [1.807, 2.05) is 0 Å². The predicted octanol–water partition coefficient (Wildman–Crippen LogP) is 3.43. The van der Waals surface area contributed by atoms with E-state index in [2.05, 4.69) is 20.9 Å². The van der Waals surface area contributed by atoms with Gasteiger partial charge in [0.2, 0.25) is 0 Å². The second-order valence-electron chi connectivity index (χ2n) is 2.77. The third-order valence-corrected chi connectivity index (χ3v) is 3.34. The quantitative estimate of drug-likeness (QED) is 0.874. The van der Waals surface area contributed by atoms with Gasteiger partial charge in [-0.1, -0.05) is 17.4 Å². The number of anilines is 1. The van der Waals surface area contributed by atoms with E-state index in [9.17, 15) is 8.78 Å². The summed E-state index contributed by atoms with van der Waals surface area (Å²) in [6, 6.07) is 3.67. The van der Waals surface area contributed by atoms with Crippen LogP contribution in [-0.4, -0.2) is 4.98 Å². The molecular formula is C9H5BrF2N2S. The molecule has 2 N–H and O–H groups in total. The van der Waals surface area contributed by atoms with Gasteiger partial charge in [-0.15, -0.1) is 0 Å². The molecule has 0 aliphatic rings. The highest BCUT2D eigenvalue weighted by Crippen LogP contribution is 2.36. The van der Waals surface area contributed by atoms with E-state index >= 15 is 0 Å². The van der Waals surface area contributed by atoms with Crippen molar-refractivity contribution in [2.75, 3.05) is 5.73 Å². The first-order chi connectivity index (χ1) is 7.09. The number of hydrogen-bond acceptors (Lipinski definition) is 3. The molecular weight excluding hydrogens is 286 g/mol. The van der Waals surface area contributed by atoms with Crippen LogP contribution < -0.4 is 5.73 Å². The summed E-state index contributed by atoms with van der Waals surface area (Å²) in [7, 11) is 0. The summed E-state index contributed by atoms with van der Waals surface area (Å²) in [5, 5.41) is 0.263. The van der Waals surface area contributed by atoms with Gasteiger partial charge in [0.05, 0.1) is 9.35 Å². The largest absolute Gasteiger partial charge is 0.375 e. The van der Waals surface area contributed by atoms with Crippen LogP contribution in [0.15, 0.2) is 22.0 Å². The molecule has 0 bridgehead atoms. The van der Waals surface area contributed by atoms with Gasteiger partial charge in [-0.2, -0.15) is 0 Å². The first-order valence-corrected chi connectivity index (χ1v) is 5.56. The molecule has 0 atom stereocenters. The van der Waals surface area contributed by atoms with Crippen LogP contribution in [0.3, 0.4) is 0 Å². The zero-order valence-electron chi connectivity index (χ0n) is 7.30. The molecule has 0 fully saturated rings. The number of nitrogen functional groups attached to an aromatic ring is 1. The van der Waals surface area contributed by atoms with Gasteiger partial charge in [0.25, 0.3) is 0 Å². The Kier molecular flexibility index (Phi) is 2.70. The van der Waals surface area contributed by atoms with Crippen LogP contribution in [0.4, 0.5) is 13.9 Å². The fourth-order valence-corrected chi connectivity index (χ4v) is 2.54. The number of thiazole rings is 1. The minimum absolute atomic E-state index is 0.155. The van der Waals surface area contributed by atoms with Crippen molar-refractivity contribution in [3.05, 3.63) is 33.6 Å². The summed E-state index contributed by atoms with van der Waals surface area (Å²) in [6.45, 7) is 0. The Hall–Kier alpha value is -1.01. The van der Waals surface area contributed by atoms with E-state index in [-0.39, 0.29) is 16.4 Å². The standard InChI is InChI=1S/C9H5BrF2N2S/c10-8-7(14-9(13)15-8)6-4(11)2-1-3-5(6)12/h1-3H,(H2,13,14). The second-order valence-corrected chi connectivity index (χ2v) is 5.12. The van der Waals surface area contributed by atoms with Crippen molar-refractivity contribution in [2.45, 2.75) is 0 Å². The van der Waals surface area contributed by atoms with Gasteiger partial charge in [-0.05, 0) is 28.1 Å². The molecule has 0 spiro atoms. The van der Waals surface area contributed by atoms with Crippen LogP contribution in [0.1, 0.15) is 0 Å². The summed E-state index contributed by atoms with van der Waals surface area (Å²) < 4.78 is 27.3. The third-order valence-electron chi connectivity index (χ3n) is 1.80. The van der Waals surface area contributed by atoms with Crippen LogP contribution >= 0.6 is 27.3 Å². The molecule has 1 aromatic heterocycles. The van der Waals surface area contributed by atoms with Crippen LogP contribution in [0.2, 0.25) is 0 Å². The molecule has 78 valence electrons. The number of aromatic nitrogens is 1. The Balaban J connectivity index is 2.68. The number of nitrogens with two attached hydrogens (primary N) is 1. The van der Waals surface area contributed by atoms with Gasteiger partial charge in [0.15, 0.2) is 5.13 Å². The monoisotopic (exact) mass is 290 g/mol. The topological polar surface area (TPSA) is 38.9 Å². The average molecular weight is 291 g/mol. The third kappa shape index (κ3) is 1.87. The maximum atomic E-state index is 13.4. The molecule has 0 saturated carbocycles. The molecule has 2 nitrogen and oxygen atoms in total. The molecule has 6 heteroatoms. The summed E-state index contributed by atoms with van der Waals surface area (Å²) in [5.41, 5.74) is 5.50. The predicted molar refractivity (Wildman–Crippen MR) is 59.6 cm³/mol. The number of halogens is 3. The fraction of sp³-hybridized carbons (Fsp3) is 0. The van der Waals surface area contributed by atoms with Gasteiger partial charge in [0.1, 0.15) is 17.3 Å². The van der Waals surface area contributed by atoms with E-state index < -0.39 is 11.6 Å². The van der Waals surface area contributed by atoms with E-state index in [4.69, 9.17) is 5.73 Å². The van der Waals surface area contributed by atoms with Gasteiger partial charge < -0.3 is 5.73 Å². The molecule has 1 aromatic carbocycles. The summed E-state index contributed by atoms with van der Waals surface area (Å²) in [6.07, 6.45) is 0. The molecule has 15 heavy (non-hydrogen) atoms. The lowest BCUT2D eigenvalue weighted by atomic mass is 10.1. The van der Waals surface area contributed by atoms with Gasteiger partial charge in [-0.25, -0.2) is 13.8 Å². The maximum Gasteiger partial charge on any atom is 0.181 e. The molecule has 2 aromatic rings. The van der Waals surface area contributed by atoms with Crippen molar-refractivity contribution >= 4 is 32.4 Å². The van der Waals surface area contributed by atoms with Crippen molar-refractivity contribution < 1.29 is 8.78 Å². The lowest BCUT2D eigenvalue weighted by Gasteiger charge is -2.01.